The highest BCUT2D eigenvalue weighted by molar-refractivity contribution is 9.10. The van der Waals surface area contributed by atoms with Crippen molar-refractivity contribution in [3.8, 4) is 0 Å². The van der Waals surface area contributed by atoms with Crippen LogP contribution in [0.2, 0.25) is 5.02 Å². The van der Waals surface area contributed by atoms with Gasteiger partial charge in [0, 0.05) is 29.3 Å². The van der Waals surface area contributed by atoms with Gasteiger partial charge in [-0.05, 0) is 40.2 Å². The molecule has 1 aromatic carbocycles. The van der Waals surface area contributed by atoms with E-state index >= 15 is 0 Å². The number of amides is 1. The van der Waals surface area contributed by atoms with E-state index in [1.807, 2.05) is 18.2 Å². The number of aromatic nitrogens is 1. The van der Waals surface area contributed by atoms with E-state index in [4.69, 9.17) is 11.6 Å². The summed E-state index contributed by atoms with van der Waals surface area (Å²) in [6, 6.07) is 11.0. The van der Waals surface area contributed by atoms with Crippen LogP contribution in [0.25, 0.3) is 0 Å². The maximum Gasteiger partial charge on any atom is 0.252 e. The molecule has 1 N–H and O–H groups in total. The Kier molecular flexibility index (Phi) is 4.93. The van der Waals surface area contributed by atoms with Gasteiger partial charge in [0.25, 0.3) is 5.91 Å². The molecule has 5 heteroatoms. The van der Waals surface area contributed by atoms with Crippen molar-refractivity contribution in [2.45, 2.75) is 6.42 Å². The molecule has 0 aliphatic rings. The highest BCUT2D eigenvalue weighted by Crippen LogP contribution is 2.25. The van der Waals surface area contributed by atoms with Gasteiger partial charge >= 0.3 is 0 Å². The van der Waals surface area contributed by atoms with E-state index in [2.05, 4.69) is 26.2 Å². The van der Waals surface area contributed by atoms with Crippen molar-refractivity contribution in [2.24, 2.45) is 0 Å². The first kappa shape index (κ1) is 14.0. The van der Waals surface area contributed by atoms with Crippen LogP contribution in [0, 0.1) is 0 Å². The summed E-state index contributed by atoms with van der Waals surface area (Å²) >= 11 is 9.36. The molecule has 0 saturated carbocycles. The van der Waals surface area contributed by atoms with Crippen LogP contribution in [0.15, 0.2) is 47.1 Å². The van der Waals surface area contributed by atoms with Gasteiger partial charge in [-0.15, -0.1) is 0 Å². The first-order chi connectivity index (χ1) is 9.18. The third kappa shape index (κ3) is 3.78. The average Bonchev–Trinajstić information content (AvgIpc) is 2.43. The maximum atomic E-state index is 12.0. The summed E-state index contributed by atoms with van der Waals surface area (Å²) in [7, 11) is 0. The molecule has 0 saturated heterocycles. The Morgan fingerprint density at radius 3 is 2.84 bits per heavy atom. The van der Waals surface area contributed by atoms with Crippen LogP contribution >= 0.6 is 27.5 Å². The van der Waals surface area contributed by atoms with Crippen molar-refractivity contribution in [1.82, 2.24) is 10.3 Å². The first-order valence-corrected chi connectivity index (χ1v) is 6.97. The quantitative estimate of drug-likeness (QED) is 0.927. The molecule has 0 aliphatic heterocycles. The largest absolute Gasteiger partial charge is 0.352 e. The smallest absolute Gasteiger partial charge is 0.252 e. The van der Waals surface area contributed by atoms with Crippen molar-refractivity contribution < 1.29 is 4.79 Å². The van der Waals surface area contributed by atoms with Gasteiger partial charge in [-0.2, -0.15) is 0 Å². The summed E-state index contributed by atoms with van der Waals surface area (Å²) in [5.74, 6) is -0.178. The highest BCUT2D eigenvalue weighted by Gasteiger charge is 2.11. The monoisotopic (exact) mass is 338 g/mol. The zero-order valence-corrected chi connectivity index (χ0v) is 12.4. The second-order valence-corrected chi connectivity index (χ2v) is 5.16. The van der Waals surface area contributed by atoms with E-state index in [0.717, 1.165) is 5.69 Å². The zero-order valence-electron chi connectivity index (χ0n) is 10.1. The molecule has 1 heterocycles. The van der Waals surface area contributed by atoms with Gasteiger partial charge in [-0.1, -0.05) is 23.7 Å². The number of benzene rings is 1. The predicted octanol–water partition coefficient (Wildman–Crippen LogP) is 3.47. The minimum atomic E-state index is -0.178. The van der Waals surface area contributed by atoms with E-state index in [1.54, 1.807) is 24.4 Å². The highest BCUT2D eigenvalue weighted by atomic mass is 79.9. The lowest BCUT2D eigenvalue weighted by atomic mass is 10.2. The van der Waals surface area contributed by atoms with Crippen LogP contribution in [-0.4, -0.2) is 17.4 Å². The molecule has 0 unspecified atom stereocenters. The third-order valence-corrected chi connectivity index (χ3v) is 3.89. The number of carbonyl (C=O) groups is 1. The lowest BCUT2D eigenvalue weighted by Gasteiger charge is -2.07. The molecule has 2 rings (SSSR count). The Morgan fingerprint density at radius 1 is 1.26 bits per heavy atom. The Hall–Kier alpha value is -1.39. The van der Waals surface area contributed by atoms with Crippen molar-refractivity contribution in [1.29, 1.82) is 0 Å². The van der Waals surface area contributed by atoms with Crippen LogP contribution in [-0.2, 0) is 6.42 Å². The standard InChI is InChI=1S/C14H12BrClN2O/c15-12-6-3-5-11(13(12)16)14(19)18-9-7-10-4-1-2-8-17-10/h1-6,8H,7,9H2,(H,18,19). The van der Waals surface area contributed by atoms with Crippen LogP contribution in [0.3, 0.4) is 0 Å². The van der Waals surface area contributed by atoms with Gasteiger partial charge in [-0.25, -0.2) is 0 Å². The Bertz CT molecular complexity index is 575. The number of nitrogens with one attached hydrogen (secondary N) is 1. The SMILES string of the molecule is O=C(NCCc1ccccn1)c1cccc(Br)c1Cl. The van der Waals surface area contributed by atoms with Crippen LogP contribution in [0.4, 0.5) is 0 Å². The van der Waals surface area contributed by atoms with Crippen molar-refractivity contribution >= 4 is 33.4 Å². The molecular formula is C14H12BrClN2O. The number of pyridine rings is 1. The number of carbonyl (C=O) groups excluding carboxylic acids is 1. The number of hydrogen-bond donors (Lipinski definition) is 1. The molecule has 0 atom stereocenters. The second kappa shape index (κ2) is 6.68. The molecule has 0 spiro atoms. The van der Waals surface area contributed by atoms with E-state index in [0.29, 0.717) is 28.0 Å². The summed E-state index contributed by atoms with van der Waals surface area (Å²) in [6.45, 7) is 0.526. The predicted molar refractivity (Wildman–Crippen MR) is 79.4 cm³/mol. The number of hydrogen-bond acceptors (Lipinski definition) is 2. The minimum Gasteiger partial charge on any atom is -0.352 e. The number of nitrogens with zero attached hydrogens (tertiary/aromatic N) is 1. The summed E-state index contributed by atoms with van der Waals surface area (Å²) in [5, 5.41) is 3.26. The van der Waals surface area contributed by atoms with Gasteiger partial charge in [0.1, 0.15) is 0 Å². The zero-order chi connectivity index (χ0) is 13.7. The fourth-order valence-electron chi connectivity index (χ4n) is 1.62. The van der Waals surface area contributed by atoms with Gasteiger partial charge < -0.3 is 5.32 Å². The van der Waals surface area contributed by atoms with E-state index in [-0.39, 0.29) is 5.91 Å². The molecule has 98 valence electrons. The number of rotatable bonds is 4. The molecule has 1 amide bonds. The van der Waals surface area contributed by atoms with E-state index < -0.39 is 0 Å². The molecule has 0 aliphatic carbocycles. The maximum absolute atomic E-state index is 12.0. The molecular weight excluding hydrogens is 328 g/mol. The number of halogens is 2. The summed E-state index contributed by atoms with van der Waals surface area (Å²) in [6.07, 6.45) is 2.43. The van der Waals surface area contributed by atoms with Crippen molar-refractivity contribution in [3.63, 3.8) is 0 Å². The Labute approximate surface area is 125 Å². The molecule has 3 nitrogen and oxygen atoms in total. The lowest BCUT2D eigenvalue weighted by molar-refractivity contribution is 0.0954. The first-order valence-electron chi connectivity index (χ1n) is 5.80. The molecule has 0 bridgehead atoms. The lowest BCUT2D eigenvalue weighted by Crippen LogP contribution is -2.26. The normalized spacial score (nSPS) is 10.2. The molecule has 0 radical (unpaired) electrons. The summed E-state index contributed by atoms with van der Waals surface area (Å²) < 4.78 is 0.714. The van der Waals surface area contributed by atoms with Gasteiger partial charge in [0.2, 0.25) is 0 Å². The topological polar surface area (TPSA) is 42.0 Å². The minimum absolute atomic E-state index is 0.178. The van der Waals surface area contributed by atoms with E-state index in [1.165, 1.54) is 0 Å². The summed E-state index contributed by atoms with van der Waals surface area (Å²) in [5.41, 5.74) is 1.42. The molecule has 19 heavy (non-hydrogen) atoms. The molecule has 0 fully saturated rings. The van der Waals surface area contributed by atoms with Crippen molar-refractivity contribution in [3.05, 3.63) is 63.3 Å². The Balaban J connectivity index is 1.93. The van der Waals surface area contributed by atoms with Crippen LogP contribution in [0.1, 0.15) is 16.1 Å². The van der Waals surface area contributed by atoms with Gasteiger partial charge in [0.15, 0.2) is 0 Å². The van der Waals surface area contributed by atoms with Gasteiger partial charge in [-0.3, -0.25) is 9.78 Å². The third-order valence-electron chi connectivity index (χ3n) is 2.59. The van der Waals surface area contributed by atoms with E-state index in [9.17, 15) is 4.79 Å². The van der Waals surface area contributed by atoms with Crippen molar-refractivity contribution in [2.75, 3.05) is 6.54 Å². The molecule has 2 aromatic rings. The van der Waals surface area contributed by atoms with Crippen LogP contribution < -0.4 is 5.32 Å². The fraction of sp³-hybridized carbons (Fsp3) is 0.143. The van der Waals surface area contributed by atoms with Crippen LogP contribution in [0.5, 0.6) is 0 Å². The Morgan fingerprint density at radius 2 is 2.11 bits per heavy atom. The molecule has 1 aromatic heterocycles. The fourth-order valence-corrected chi connectivity index (χ4v) is 2.20. The van der Waals surface area contributed by atoms with Gasteiger partial charge in [0.05, 0.1) is 10.6 Å². The average molecular weight is 340 g/mol. The summed E-state index contributed by atoms with van der Waals surface area (Å²) in [4.78, 5) is 16.2. The second-order valence-electron chi connectivity index (χ2n) is 3.93.